The van der Waals surface area contributed by atoms with Crippen LogP contribution in [0.15, 0.2) is 91.0 Å². The summed E-state index contributed by atoms with van der Waals surface area (Å²) >= 11 is 0. The van der Waals surface area contributed by atoms with Gasteiger partial charge < -0.3 is 10.1 Å². The molecule has 0 atom stereocenters. The van der Waals surface area contributed by atoms with Gasteiger partial charge in [-0.1, -0.05) is 97.4 Å². The highest BCUT2D eigenvalue weighted by Gasteiger charge is 2.16. The second kappa shape index (κ2) is 22.0. The fraction of sp³-hybridized carbons (Fsp3) is 0.429. The van der Waals surface area contributed by atoms with Crippen LogP contribution in [-0.4, -0.2) is 43.1 Å². The molecule has 43 heavy (non-hydrogen) atoms. The Bertz CT molecular complexity index is 1130. The lowest BCUT2D eigenvalue weighted by atomic mass is 10.2. The van der Waals surface area contributed by atoms with Crippen LogP contribution in [0.4, 0.5) is 0 Å². The van der Waals surface area contributed by atoms with E-state index in [1.807, 2.05) is 78.9 Å². The Kier molecular flexibility index (Phi) is 17.4. The van der Waals surface area contributed by atoms with Gasteiger partial charge in [0.2, 0.25) is 11.8 Å². The minimum atomic E-state index is -0.173. The number of nitrogens with zero attached hydrogens (tertiary/aromatic N) is 1. The molecule has 3 rings (SSSR count). The van der Waals surface area contributed by atoms with Crippen LogP contribution in [0.3, 0.4) is 0 Å². The van der Waals surface area contributed by atoms with Crippen LogP contribution in [0, 0.1) is 0 Å². The standard InChI is InChI=1S/C35H47N3O5/c39-34(36-24-12-4-13-25-37-42-29-32-18-8-2-9-19-32)22-23-35(40)38(43-30-33-20-10-3-11-21-33)26-14-5-15-27-41-28-31-16-6-1-7-17-31/h1-3,6-11,16-21,37H,4-5,12-15,22-30H2,(H,36,39). The number of hydrogen-bond donors (Lipinski definition) is 2. The van der Waals surface area contributed by atoms with E-state index in [1.54, 1.807) is 0 Å². The van der Waals surface area contributed by atoms with Crippen LogP contribution >= 0.6 is 0 Å². The molecule has 2 amide bonds. The molecular weight excluding hydrogens is 542 g/mol. The van der Waals surface area contributed by atoms with Gasteiger partial charge in [0.05, 0.1) is 13.2 Å². The topological polar surface area (TPSA) is 89.1 Å². The molecule has 0 aliphatic carbocycles. The lowest BCUT2D eigenvalue weighted by molar-refractivity contribution is -0.192. The summed E-state index contributed by atoms with van der Waals surface area (Å²) in [4.78, 5) is 36.7. The monoisotopic (exact) mass is 589 g/mol. The summed E-state index contributed by atoms with van der Waals surface area (Å²) in [5, 5.41) is 4.35. The molecule has 0 aromatic heterocycles. The van der Waals surface area contributed by atoms with E-state index in [-0.39, 0.29) is 24.7 Å². The predicted molar refractivity (Wildman–Crippen MR) is 168 cm³/mol. The number of carbonyl (C=O) groups is 2. The predicted octanol–water partition coefficient (Wildman–Crippen LogP) is 6.12. The average molecular weight is 590 g/mol. The number of benzene rings is 3. The number of rotatable bonds is 23. The zero-order valence-corrected chi connectivity index (χ0v) is 25.3. The summed E-state index contributed by atoms with van der Waals surface area (Å²) in [6, 6.07) is 29.9. The van der Waals surface area contributed by atoms with Gasteiger partial charge in [0.25, 0.3) is 0 Å². The van der Waals surface area contributed by atoms with Crippen LogP contribution in [-0.2, 0) is 43.8 Å². The fourth-order valence-electron chi connectivity index (χ4n) is 4.33. The molecule has 0 unspecified atom stereocenters. The minimum absolute atomic E-state index is 0.115. The Balaban J connectivity index is 1.25. The first-order valence-electron chi connectivity index (χ1n) is 15.4. The van der Waals surface area contributed by atoms with Crippen LogP contribution in [0.1, 0.15) is 68.1 Å². The van der Waals surface area contributed by atoms with Crippen molar-refractivity contribution in [3.8, 4) is 0 Å². The summed E-state index contributed by atoms with van der Waals surface area (Å²) in [5.41, 5.74) is 6.26. The summed E-state index contributed by atoms with van der Waals surface area (Å²) in [6.07, 6.45) is 5.69. The van der Waals surface area contributed by atoms with Gasteiger partial charge in [0.1, 0.15) is 6.61 Å². The van der Waals surface area contributed by atoms with Crippen molar-refractivity contribution in [3.05, 3.63) is 108 Å². The summed E-state index contributed by atoms with van der Waals surface area (Å²) < 4.78 is 5.76. The van der Waals surface area contributed by atoms with E-state index in [2.05, 4.69) is 22.9 Å². The molecule has 0 fully saturated rings. The highest BCUT2D eigenvalue weighted by Crippen LogP contribution is 2.09. The molecule has 8 nitrogen and oxygen atoms in total. The Morgan fingerprint density at radius 3 is 1.86 bits per heavy atom. The van der Waals surface area contributed by atoms with Crippen LogP contribution in [0.5, 0.6) is 0 Å². The van der Waals surface area contributed by atoms with E-state index in [0.717, 1.165) is 61.8 Å². The van der Waals surface area contributed by atoms with Gasteiger partial charge in [-0.3, -0.25) is 19.3 Å². The van der Waals surface area contributed by atoms with Gasteiger partial charge in [-0.05, 0) is 48.8 Å². The summed E-state index contributed by atoms with van der Waals surface area (Å²) in [6.45, 7) is 3.96. The Morgan fingerprint density at radius 2 is 1.19 bits per heavy atom. The zero-order valence-electron chi connectivity index (χ0n) is 25.3. The number of ether oxygens (including phenoxy) is 1. The third-order valence-electron chi connectivity index (χ3n) is 6.80. The van der Waals surface area contributed by atoms with Crippen molar-refractivity contribution in [3.63, 3.8) is 0 Å². The van der Waals surface area contributed by atoms with Gasteiger partial charge in [-0.15, -0.1) is 0 Å². The molecule has 0 saturated heterocycles. The van der Waals surface area contributed by atoms with E-state index in [1.165, 1.54) is 5.06 Å². The van der Waals surface area contributed by atoms with Gasteiger partial charge in [-0.2, -0.15) is 0 Å². The lowest BCUT2D eigenvalue weighted by Gasteiger charge is -2.22. The molecule has 3 aromatic carbocycles. The molecule has 0 bridgehead atoms. The molecule has 0 heterocycles. The molecule has 3 aromatic rings. The van der Waals surface area contributed by atoms with E-state index in [4.69, 9.17) is 14.4 Å². The maximum absolute atomic E-state index is 13.0. The van der Waals surface area contributed by atoms with Crippen molar-refractivity contribution in [1.82, 2.24) is 15.9 Å². The molecule has 0 saturated carbocycles. The van der Waals surface area contributed by atoms with E-state index in [0.29, 0.717) is 39.5 Å². The summed E-state index contributed by atoms with van der Waals surface area (Å²) in [5.74, 6) is -0.288. The van der Waals surface area contributed by atoms with Crippen LogP contribution < -0.4 is 10.8 Å². The maximum atomic E-state index is 13.0. The Morgan fingerprint density at radius 1 is 0.605 bits per heavy atom. The van der Waals surface area contributed by atoms with Crippen molar-refractivity contribution in [1.29, 1.82) is 0 Å². The lowest BCUT2D eigenvalue weighted by Crippen LogP contribution is -2.33. The number of hydroxylamine groups is 3. The number of carbonyl (C=O) groups excluding carboxylic acids is 2. The maximum Gasteiger partial charge on any atom is 0.246 e. The third-order valence-corrected chi connectivity index (χ3v) is 6.80. The van der Waals surface area contributed by atoms with Crippen molar-refractivity contribution in [2.24, 2.45) is 0 Å². The van der Waals surface area contributed by atoms with E-state index >= 15 is 0 Å². The zero-order chi connectivity index (χ0) is 30.2. The second-order valence-electron chi connectivity index (χ2n) is 10.4. The first-order chi connectivity index (χ1) is 21.2. The molecule has 2 N–H and O–H groups in total. The SMILES string of the molecule is O=C(CCC(=O)N(CCCCCOCc1ccccc1)OCc1ccccc1)NCCCCCNOCc1ccccc1. The molecule has 0 spiro atoms. The highest BCUT2D eigenvalue weighted by molar-refractivity contribution is 5.83. The number of nitrogens with one attached hydrogen (secondary N) is 2. The van der Waals surface area contributed by atoms with Gasteiger partial charge >= 0.3 is 0 Å². The first-order valence-corrected chi connectivity index (χ1v) is 15.4. The molecule has 0 radical (unpaired) electrons. The average Bonchev–Trinajstić information content (AvgIpc) is 3.05. The first kappa shape index (κ1) is 33.9. The van der Waals surface area contributed by atoms with Gasteiger partial charge in [-0.25, -0.2) is 10.5 Å². The number of hydrogen-bond acceptors (Lipinski definition) is 6. The van der Waals surface area contributed by atoms with Crippen LogP contribution in [0.2, 0.25) is 0 Å². The van der Waals surface area contributed by atoms with Crippen molar-refractivity contribution < 1.29 is 24.0 Å². The second-order valence-corrected chi connectivity index (χ2v) is 10.4. The number of amides is 2. The van der Waals surface area contributed by atoms with Crippen LogP contribution in [0.25, 0.3) is 0 Å². The smallest absolute Gasteiger partial charge is 0.246 e. The quantitative estimate of drug-likeness (QED) is 0.102. The van der Waals surface area contributed by atoms with E-state index in [9.17, 15) is 9.59 Å². The largest absolute Gasteiger partial charge is 0.377 e. The van der Waals surface area contributed by atoms with Crippen molar-refractivity contribution >= 4 is 11.8 Å². The molecular formula is C35H47N3O5. The Hall–Kier alpha value is -3.56. The number of unbranched alkanes of at least 4 members (excludes halogenated alkanes) is 4. The fourth-order valence-corrected chi connectivity index (χ4v) is 4.33. The van der Waals surface area contributed by atoms with Gasteiger partial charge in [0.15, 0.2) is 0 Å². The molecule has 0 aliphatic rings. The highest BCUT2D eigenvalue weighted by atomic mass is 16.7. The normalized spacial score (nSPS) is 10.9. The van der Waals surface area contributed by atoms with Crippen molar-refractivity contribution in [2.75, 3.05) is 26.2 Å². The third kappa shape index (κ3) is 16.0. The Labute approximate surface area is 256 Å². The van der Waals surface area contributed by atoms with Gasteiger partial charge in [0, 0.05) is 39.1 Å². The molecule has 232 valence electrons. The minimum Gasteiger partial charge on any atom is -0.377 e. The van der Waals surface area contributed by atoms with E-state index < -0.39 is 0 Å². The summed E-state index contributed by atoms with van der Waals surface area (Å²) in [7, 11) is 0. The van der Waals surface area contributed by atoms with Crippen molar-refractivity contribution in [2.45, 2.75) is 71.2 Å². The molecule has 8 heteroatoms. The molecule has 0 aliphatic heterocycles.